The molecule has 0 spiro atoms. The smallest absolute Gasteiger partial charge is 0.219 e. The molecule has 1 aromatic rings. The molecule has 6 heteroatoms. The first-order valence-corrected chi connectivity index (χ1v) is 4.04. The third-order valence-electron chi connectivity index (χ3n) is 1.05. The van der Waals surface area contributed by atoms with Gasteiger partial charge in [-0.1, -0.05) is 0 Å². The molecule has 0 amide bonds. The van der Waals surface area contributed by atoms with Crippen molar-refractivity contribution in [2.45, 2.75) is 4.90 Å². The summed E-state index contributed by atoms with van der Waals surface area (Å²) in [5, 5.41) is 0. The Labute approximate surface area is 62.6 Å². The lowest BCUT2D eigenvalue weighted by molar-refractivity contribution is -0.844. The Kier molecular flexibility index (Phi) is 1.88. The van der Waals surface area contributed by atoms with Crippen molar-refractivity contribution < 1.29 is 22.2 Å². The van der Waals surface area contributed by atoms with Crippen LogP contribution < -0.4 is 4.79 Å². The van der Waals surface area contributed by atoms with Crippen LogP contribution in [0.3, 0.4) is 0 Å². The van der Waals surface area contributed by atoms with Crippen LogP contribution in [-0.2, 0) is 10.1 Å². The molecule has 0 aromatic carbocycles. The Morgan fingerprint density at radius 1 is 1.36 bits per heavy atom. The monoisotopic (exact) mass is 177 g/mol. The molecular formula is C5H4FNO3S. The standard InChI is InChI=1S/C5H4FNO3S/c6-7-3-1-5(2-4-7)11(8,9)10/h1-4H. The highest BCUT2D eigenvalue weighted by Crippen LogP contribution is 2.03. The Bertz CT molecular complexity index is 344. The fourth-order valence-electron chi connectivity index (χ4n) is 0.561. The fourth-order valence-corrected chi connectivity index (χ4v) is 1.02. The van der Waals surface area contributed by atoms with Gasteiger partial charge >= 0.3 is 0 Å². The minimum Gasteiger partial charge on any atom is -0.744 e. The molecule has 0 atom stereocenters. The molecule has 0 unspecified atom stereocenters. The van der Waals surface area contributed by atoms with Gasteiger partial charge in [0.05, 0.1) is 9.38 Å². The highest BCUT2D eigenvalue weighted by molar-refractivity contribution is 7.85. The Morgan fingerprint density at radius 2 is 1.82 bits per heavy atom. The second-order valence-corrected chi connectivity index (χ2v) is 3.21. The number of pyridine rings is 1. The van der Waals surface area contributed by atoms with E-state index < -0.39 is 15.0 Å². The van der Waals surface area contributed by atoms with E-state index in [1.807, 2.05) is 0 Å². The fraction of sp³-hybridized carbons (Fsp3) is 0. The molecule has 0 N–H and O–H groups in total. The van der Waals surface area contributed by atoms with Crippen molar-refractivity contribution >= 4 is 10.1 Å². The van der Waals surface area contributed by atoms with Crippen molar-refractivity contribution in [3.05, 3.63) is 24.5 Å². The first-order valence-electron chi connectivity index (χ1n) is 2.63. The van der Waals surface area contributed by atoms with E-state index in [-0.39, 0.29) is 4.79 Å². The number of aromatic nitrogens is 1. The molecule has 0 saturated heterocycles. The zero-order valence-corrected chi connectivity index (χ0v) is 6.08. The van der Waals surface area contributed by atoms with Crippen LogP contribution in [-0.4, -0.2) is 13.0 Å². The molecule has 1 rings (SSSR count). The predicted molar refractivity (Wildman–Crippen MR) is 31.1 cm³/mol. The lowest BCUT2D eigenvalue weighted by atomic mass is 10.5. The number of rotatable bonds is 1. The summed E-state index contributed by atoms with van der Waals surface area (Å²) in [4.78, 5) is -0.291. The molecular weight excluding hydrogens is 173 g/mol. The van der Waals surface area contributed by atoms with Crippen LogP contribution in [0.5, 0.6) is 0 Å². The summed E-state index contributed by atoms with van der Waals surface area (Å²) in [6.07, 6.45) is 1.68. The lowest BCUT2D eigenvalue weighted by Gasteiger charge is -2.02. The van der Waals surface area contributed by atoms with Gasteiger partial charge in [0.15, 0.2) is 0 Å². The van der Waals surface area contributed by atoms with Crippen LogP contribution in [0, 0.1) is 0 Å². The Morgan fingerprint density at radius 3 is 2.18 bits per heavy atom. The topological polar surface area (TPSA) is 61.1 Å². The molecule has 0 radical (unpaired) electrons. The summed E-state index contributed by atoms with van der Waals surface area (Å²) in [7, 11) is -4.45. The minimum atomic E-state index is -4.45. The normalized spacial score (nSPS) is 11.5. The highest BCUT2D eigenvalue weighted by Gasteiger charge is 2.03. The summed E-state index contributed by atoms with van der Waals surface area (Å²) >= 11 is 0. The summed E-state index contributed by atoms with van der Waals surface area (Å²) in [5.74, 6) is 0. The lowest BCUT2D eigenvalue weighted by Crippen LogP contribution is -2.20. The van der Waals surface area contributed by atoms with Crippen LogP contribution in [0.2, 0.25) is 0 Å². The van der Waals surface area contributed by atoms with E-state index >= 15 is 0 Å². The van der Waals surface area contributed by atoms with Gasteiger partial charge in [0.1, 0.15) is 10.1 Å². The average molecular weight is 177 g/mol. The Hall–Kier alpha value is -1.01. The first-order chi connectivity index (χ1) is 5.00. The van der Waals surface area contributed by atoms with Gasteiger partial charge in [0.2, 0.25) is 12.4 Å². The van der Waals surface area contributed by atoms with Crippen LogP contribution in [0.4, 0.5) is 4.48 Å². The summed E-state index contributed by atoms with van der Waals surface area (Å²) in [5.41, 5.74) is 0. The summed E-state index contributed by atoms with van der Waals surface area (Å²) in [6.45, 7) is 0. The molecule has 0 aliphatic carbocycles. The van der Waals surface area contributed by atoms with Gasteiger partial charge in [-0.15, -0.1) is 0 Å². The molecule has 0 bridgehead atoms. The Balaban J connectivity index is 3.20. The van der Waals surface area contributed by atoms with Crippen molar-refractivity contribution in [2.24, 2.45) is 0 Å². The van der Waals surface area contributed by atoms with E-state index in [2.05, 4.69) is 0 Å². The maximum atomic E-state index is 12.1. The van der Waals surface area contributed by atoms with Crippen molar-refractivity contribution in [3.63, 3.8) is 0 Å². The summed E-state index contributed by atoms with van der Waals surface area (Å²) < 4.78 is 42.9. The SMILES string of the molecule is O=S(=O)([O-])c1cc[n+](F)cc1. The first kappa shape index (κ1) is 8.09. The van der Waals surface area contributed by atoms with Crippen LogP contribution in [0.15, 0.2) is 29.4 Å². The van der Waals surface area contributed by atoms with Crippen molar-refractivity contribution in [1.82, 2.24) is 0 Å². The van der Waals surface area contributed by atoms with E-state index in [0.29, 0.717) is 0 Å². The molecule has 0 fully saturated rings. The van der Waals surface area contributed by atoms with E-state index in [1.165, 1.54) is 0 Å². The molecule has 0 aliphatic rings. The second-order valence-electron chi connectivity index (χ2n) is 1.83. The molecule has 1 aromatic heterocycles. The molecule has 60 valence electrons. The summed E-state index contributed by atoms with van der Waals surface area (Å²) in [6, 6.07) is 1.78. The predicted octanol–water partition coefficient (Wildman–Crippen LogP) is -0.389. The third kappa shape index (κ3) is 1.95. The van der Waals surface area contributed by atoms with Gasteiger partial charge in [-0.3, -0.25) is 0 Å². The van der Waals surface area contributed by atoms with Crippen molar-refractivity contribution in [3.8, 4) is 0 Å². The van der Waals surface area contributed by atoms with Crippen molar-refractivity contribution in [2.75, 3.05) is 0 Å². The number of hydrogen-bond acceptors (Lipinski definition) is 3. The zero-order valence-electron chi connectivity index (χ0n) is 5.27. The molecule has 4 nitrogen and oxygen atoms in total. The van der Waals surface area contributed by atoms with Crippen LogP contribution in [0.1, 0.15) is 0 Å². The van der Waals surface area contributed by atoms with E-state index in [4.69, 9.17) is 0 Å². The van der Waals surface area contributed by atoms with Gasteiger partial charge < -0.3 is 4.55 Å². The van der Waals surface area contributed by atoms with Crippen molar-refractivity contribution in [1.29, 1.82) is 0 Å². The minimum absolute atomic E-state index is 0.147. The van der Waals surface area contributed by atoms with Crippen LogP contribution in [0.25, 0.3) is 0 Å². The van der Waals surface area contributed by atoms with E-state index in [1.54, 1.807) is 0 Å². The van der Waals surface area contributed by atoms with E-state index in [9.17, 15) is 17.5 Å². The third-order valence-corrected chi connectivity index (χ3v) is 1.90. The highest BCUT2D eigenvalue weighted by atomic mass is 32.2. The van der Waals surface area contributed by atoms with Crippen LogP contribution >= 0.6 is 0 Å². The second kappa shape index (κ2) is 2.55. The maximum absolute atomic E-state index is 12.1. The number of hydrogen-bond donors (Lipinski definition) is 0. The number of halogens is 1. The quantitative estimate of drug-likeness (QED) is 0.549. The molecule has 0 saturated carbocycles. The number of nitrogens with zero attached hydrogens (tertiary/aromatic N) is 1. The largest absolute Gasteiger partial charge is 0.744 e. The zero-order chi connectivity index (χ0) is 8.48. The molecule has 11 heavy (non-hydrogen) atoms. The molecule has 0 aliphatic heterocycles. The van der Waals surface area contributed by atoms with Gasteiger partial charge in [-0.2, -0.15) is 0 Å². The van der Waals surface area contributed by atoms with Gasteiger partial charge in [-0.25, -0.2) is 8.42 Å². The van der Waals surface area contributed by atoms with E-state index in [0.717, 1.165) is 24.5 Å². The van der Waals surface area contributed by atoms with Gasteiger partial charge in [0.25, 0.3) is 0 Å². The maximum Gasteiger partial charge on any atom is 0.219 e. The van der Waals surface area contributed by atoms with Gasteiger partial charge in [0, 0.05) is 16.9 Å². The average Bonchev–Trinajstić information content (AvgIpc) is 1.86. The van der Waals surface area contributed by atoms with Gasteiger partial charge in [-0.05, 0) is 0 Å². The molecule has 1 heterocycles.